The molecule has 3 saturated heterocycles. The maximum atomic E-state index is 12.9. The van der Waals surface area contributed by atoms with Gasteiger partial charge in [-0.3, -0.25) is 9.80 Å². The Morgan fingerprint density at radius 2 is 1.91 bits per heavy atom. The SMILES string of the molecule is O=c1oc2c(CN3CCCC4=C[C@H]5C[C@H](CN6CCCCC56)C43)c(O)c(Cl)cc2c2c1CCCC2. The number of phenols is 1. The van der Waals surface area contributed by atoms with Gasteiger partial charge in [-0.25, -0.2) is 4.79 Å². The van der Waals surface area contributed by atoms with Gasteiger partial charge in [0.2, 0.25) is 0 Å². The van der Waals surface area contributed by atoms with Crippen molar-refractivity contribution in [3.63, 3.8) is 0 Å². The number of fused-ring (bicyclic) bond motifs is 9. The number of rotatable bonds is 2. The van der Waals surface area contributed by atoms with Crippen LogP contribution in [0.15, 0.2) is 26.9 Å². The summed E-state index contributed by atoms with van der Waals surface area (Å²) in [6, 6.07) is 2.96. The molecule has 7 rings (SSSR count). The molecule has 2 unspecified atom stereocenters. The Labute approximate surface area is 211 Å². The van der Waals surface area contributed by atoms with Gasteiger partial charge in [0.05, 0.1) is 10.6 Å². The summed E-state index contributed by atoms with van der Waals surface area (Å²) in [6.45, 7) is 3.99. The second kappa shape index (κ2) is 8.64. The summed E-state index contributed by atoms with van der Waals surface area (Å²) in [5.74, 6) is 1.40. The molecule has 2 aliphatic carbocycles. The molecule has 1 N–H and O–H groups in total. The van der Waals surface area contributed by atoms with Gasteiger partial charge in [0, 0.05) is 36.1 Å². The molecule has 0 saturated carbocycles. The minimum atomic E-state index is -0.238. The highest BCUT2D eigenvalue weighted by molar-refractivity contribution is 6.33. The number of aromatic hydroxyl groups is 1. The topological polar surface area (TPSA) is 56.9 Å². The van der Waals surface area contributed by atoms with Gasteiger partial charge >= 0.3 is 5.63 Å². The quantitative estimate of drug-likeness (QED) is 0.446. The van der Waals surface area contributed by atoms with Crippen LogP contribution >= 0.6 is 11.6 Å². The fourth-order valence-electron chi connectivity index (χ4n) is 8.21. The number of halogens is 1. The van der Waals surface area contributed by atoms with E-state index in [0.29, 0.717) is 40.6 Å². The molecule has 2 aromatic rings. The average molecular weight is 495 g/mol. The molecule has 0 amide bonds. The highest BCUT2D eigenvalue weighted by Crippen LogP contribution is 2.46. The molecule has 35 heavy (non-hydrogen) atoms. The molecule has 3 aliphatic heterocycles. The van der Waals surface area contributed by atoms with E-state index in [9.17, 15) is 9.90 Å². The van der Waals surface area contributed by atoms with Crippen molar-refractivity contribution < 1.29 is 9.52 Å². The van der Waals surface area contributed by atoms with Crippen LogP contribution in [0.4, 0.5) is 0 Å². The van der Waals surface area contributed by atoms with E-state index in [2.05, 4.69) is 15.9 Å². The molecule has 1 aromatic carbocycles. The summed E-state index contributed by atoms with van der Waals surface area (Å²) in [4.78, 5) is 18.2. The summed E-state index contributed by atoms with van der Waals surface area (Å²) >= 11 is 6.58. The predicted molar refractivity (Wildman–Crippen MR) is 138 cm³/mol. The van der Waals surface area contributed by atoms with Crippen LogP contribution in [-0.4, -0.2) is 46.6 Å². The normalized spacial score (nSPS) is 30.9. The first-order valence-electron chi connectivity index (χ1n) is 13.8. The van der Waals surface area contributed by atoms with E-state index >= 15 is 0 Å². The maximum Gasteiger partial charge on any atom is 0.339 e. The Hall–Kier alpha value is -1.82. The minimum absolute atomic E-state index is 0.0719. The van der Waals surface area contributed by atoms with Gasteiger partial charge in [-0.05, 0) is 94.3 Å². The lowest BCUT2D eigenvalue weighted by Gasteiger charge is -2.54. The van der Waals surface area contributed by atoms with Crippen LogP contribution in [0.5, 0.6) is 5.75 Å². The molecule has 2 bridgehead atoms. The van der Waals surface area contributed by atoms with Crippen molar-refractivity contribution in [3.8, 4) is 5.75 Å². The Bertz CT molecular complexity index is 1270. The van der Waals surface area contributed by atoms with Crippen molar-refractivity contribution in [2.45, 2.75) is 82.8 Å². The maximum absolute atomic E-state index is 12.9. The fraction of sp³-hybridized carbons (Fsp3) is 0.621. The number of piperidine rings is 3. The number of likely N-dealkylation sites (tertiary alicyclic amines) is 1. The molecule has 6 heteroatoms. The molecule has 4 atom stereocenters. The molecule has 0 radical (unpaired) electrons. The van der Waals surface area contributed by atoms with Gasteiger partial charge < -0.3 is 9.52 Å². The lowest BCUT2D eigenvalue weighted by Crippen LogP contribution is -2.59. The fourth-order valence-corrected chi connectivity index (χ4v) is 8.43. The molecule has 4 heterocycles. The van der Waals surface area contributed by atoms with Crippen LogP contribution in [0, 0.1) is 11.8 Å². The summed E-state index contributed by atoms with van der Waals surface area (Å²) in [5.41, 5.74) is 4.48. The Kier molecular flexibility index (Phi) is 5.52. The van der Waals surface area contributed by atoms with Gasteiger partial charge in [0.15, 0.2) is 0 Å². The highest BCUT2D eigenvalue weighted by Gasteiger charge is 2.46. The average Bonchev–Trinajstić information content (AvgIpc) is 2.88. The Morgan fingerprint density at radius 1 is 1.06 bits per heavy atom. The molecule has 186 valence electrons. The number of hydrogen-bond acceptors (Lipinski definition) is 5. The van der Waals surface area contributed by atoms with Crippen LogP contribution in [-0.2, 0) is 19.4 Å². The van der Waals surface area contributed by atoms with E-state index in [1.54, 1.807) is 5.57 Å². The zero-order chi connectivity index (χ0) is 23.7. The summed E-state index contributed by atoms with van der Waals surface area (Å²) < 4.78 is 5.93. The molecular weight excluding hydrogens is 460 g/mol. The van der Waals surface area contributed by atoms with Crippen molar-refractivity contribution in [1.82, 2.24) is 9.80 Å². The van der Waals surface area contributed by atoms with Crippen molar-refractivity contribution >= 4 is 22.6 Å². The van der Waals surface area contributed by atoms with Crippen LogP contribution < -0.4 is 5.63 Å². The second-order valence-electron chi connectivity index (χ2n) is 11.6. The lowest BCUT2D eigenvalue weighted by atomic mass is 9.68. The highest BCUT2D eigenvalue weighted by atomic mass is 35.5. The van der Waals surface area contributed by atoms with Crippen LogP contribution in [0.1, 0.15) is 68.1 Å². The summed E-state index contributed by atoms with van der Waals surface area (Å²) in [5, 5.41) is 12.4. The molecular formula is C29H35ClN2O3. The van der Waals surface area contributed by atoms with Crippen molar-refractivity contribution in [2.24, 2.45) is 11.8 Å². The van der Waals surface area contributed by atoms with E-state index in [1.807, 2.05) is 6.07 Å². The number of aryl methyl sites for hydroxylation is 1. The van der Waals surface area contributed by atoms with E-state index in [-0.39, 0.29) is 11.4 Å². The van der Waals surface area contributed by atoms with Crippen molar-refractivity contribution in [2.75, 3.05) is 19.6 Å². The third-order valence-electron chi connectivity index (χ3n) is 9.66. The molecule has 0 spiro atoms. The number of nitrogens with zero attached hydrogens (tertiary/aromatic N) is 2. The Morgan fingerprint density at radius 3 is 2.80 bits per heavy atom. The van der Waals surface area contributed by atoms with Crippen LogP contribution in [0.3, 0.4) is 0 Å². The van der Waals surface area contributed by atoms with E-state index in [1.165, 1.54) is 45.2 Å². The zero-order valence-electron chi connectivity index (χ0n) is 20.4. The lowest BCUT2D eigenvalue weighted by molar-refractivity contribution is -0.00274. The predicted octanol–water partition coefficient (Wildman–Crippen LogP) is 5.43. The first-order chi connectivity index (χ1) is 17.1. The van der Waals surface area contributed by atoms with Crippen LogP contribution in [0.2, 0.25) is 5.02 Å². The first kappa shape index (κ1) is 22.4. The smallest absolute Gasteiger partial charge is 0.339 e. The van der Waals surface area contributed by atoms with Gasteiger partial charge in [0.25, 0.3) is 0 Å². The second-order valence-corrected chi connectivity index (χ2v) is 12.0. The van der Waals surface area contributed by atoms with Crippen molar-refractivity contribution in [1.29, 1.82) is 0 Å². The monoisotopic (exact) mass is 494 g/mol. The van der Waals surface area contributed by atoms with Gasteiger partial charge in [-0.15, -0.1) is 0 Å². The third kappa shape index (κ3) is 3.60. The number of benzene rings is 1. The van der Waals surface area contributed by atoms with E-state index in [0.717, 1.165) is 61.2 Å². The Balaban J connectivity index is 1.29. The summed E-state index contributed by atoms with van der Waals surface area (Å²) in [6.07, 6.45) is 14.0. The number of phenolic OH excluding ortho intramolecular Hbond substituents is 1. The minimum Gasteiger partial charge on any atom is -0.506 e. The molecule has 5 nitrogen and oxygen atoms in total. The van der Waals surface area contributed by atoms with Crippen molar-refractivity contribution in [3.05, 3.63) is 49.8 Å². The van der Waals surface area contributed by atoms with E-state index in [4.69, 9.17) is 16.0 Å². The standard InChI is InChI=1S/C29H35ClN2O3/c30-24-14-22-20-7-1-2-8-21(20)29(34)35-28(22)23(27(24)33)16-32-11-5-6-17-12-18-13-19(26(17)32)15-31-10-4-3-9-25(18)31/h12,14,18-19,25-26,33H,1-11,13,15-16H2/t18-,19+,25?,26?/m0/s1. The largest absolute Gasteiger partial charge is 0.506 e. The number of hydrogen-bond donors (Lipinski definition) is 1. The first-order valence-corrected chi connectivity index (χ1v) is 14.1. The van der Waals surface area contributed by atoms with Crippen LogP contribution in [0.25, 0.3) is 11.0 Å². The van der Waals surface area contributed by atoms with Gasteiger partial charge in [-0.2, -0.15) is 0 Å². The molecule has 1 aromatic heterocycles. The zero-order valence-corrected chi connectivity index (χ0v) is 21.2. The van der Waals surface area contributed by atoms with E-state index < -0.39 is 0 Å². The van der Waals surface area contributed by atoms with Gasteiger partial charge in [-0.1, -0.05) is 29.7 Å². The third-order valence-corrected chi connectivity index (χ3v) is 9.95. The summed E-state index contributed by atoms with van der Waals surface area (Å²) in [7, 11) is 0. The molecule has 3 fully saturated rings. The van der Waals surface area contributed by atoms with Gasteiger partial charge in [0.1, 0.15) is 11.3 Å². The molecule has 5 aliphatic rings.